The molecule has 4 amide bonds. The quantitative estimate of drug-likeness (QED) is 0.672. The average molecular weight is 306 g/mol. The second-order valence-corrected chi connectivity index (χ2v) is 5.66. The number of aryl methyl sites for hydroxylation is 1. The maximum absolute atomic E-state index is 12.0. The number of carbonyl (C=O) groups excluding carboxylic acids is 2. The van der Waals surface area contributed by atoms with Crippen LogP contribution < -0.4 is 21.3 Å². The first-order valence-electron chi connectivity index (χ1n) is 7.58. The summed E-state index contributed by atoms with van der Waals surface area (Å²) in [6.07, 6.45) is 0.850. The molecule has 1 rings (SSSR count). The van der Waals surface area contributed by atoms with Gasteiger partial charge in [-0.15, -0.1) is 0 Å². The zero-order chi connectivity index (χ0) is 16.7. The molecular weight excluding hydrogens is 280 g/mol. The summed E-state index contributed by atoms with van der Waals surface area (Å²) in [6, 6.07) is 5.01. The first kappa shape index (κ1) is 17.8. The molecule has 0 aliphatic heterocycles. The minimum Gasteiger partial charge on any atom is -0.336 e. The molecule has 4 N–H and O–H groups in total. The molecule has 0 heterocycles. The minimum atomic E-state index is -0.300. The summed E-state index contributed by atoms with van der Waals surface area (Å²) in [4.78, 5) is 23.8. The highest BCUT2D eigenvalue weighted by Gasteiger charge is 2.13. The van der Waals surface area contributed by atoms with E-state index in [1.165, 1.54) is 0 Å². The van der Waals surface area contributed by atoms with Gasteiger partial charge < -0.3 is 21.3 Å². The molecule has 0 aliphatic rings. The summed E-state index contributed by atoms with van der Waals surface area (Å²) in [5.74, 6) is 0. The molecule has 1 unspecified atom stereocenters. The number of hydrogen-bond acceptors (Lipinski definition) is 2. The Morgan fingerprint density at radius 3 is 2.27 bits per heavy atom. The van der Waals surface area contributed by atoms with Crippen molar-refractivity contribution in [1.29, 1.82) is 0 Å². The van der Waals surface area contributed by atoms with Crippen LogP contribution in [0.5, 0.6) is 0 Å². The third-order valence-corrected chi connectivity index (χ3v) is 3.17. The van der Waals surface area contributed by atoms with Gasteiger partial charge in [0.2, 0.25) is 0 Å². The molecule has 0 radical (unpaired) electrons. The van der Waals surface area contributed by atoms with Crippen LogP contribution >= 0.6 is 0 Å². The number of nitrogens with one attached hydrogen (secondary N) is 4. The number of benzene rings is 1. The van der Waals surface area contributed by atoms with Crippen LogP contribution in [0.2, 0.25) is 0 Å². The van der Waals surface area contributed by atoms with Crippen molar-refractivity contribution in [3.05, 3.63) is 23.8 Å². The van der Waals surface area contributed by atoms with Gasteiger partial charge in [-0.3, -0.25) is 0 Å². The van der Waals surface area contributed by atoms with Crippen molar-refractivity contribution >= 4 is 23.4 Å². The topological polar surface area (TPSA) is 82.3 Å². The molecule has 6 nitrogen and oxygen atoms in total. The number of hydrogen-bond donors (Lipinski definition) is 4. The van der Waals surface area contributed by atoms with Crippen LogP contribution in [0.15, 0.2) is 18.2 Å². The van der Waals surface area contributed by atoms with E-state index < -0.39 is 0 Å². The van der Waals surface area contributed by atoms with Crippen LogP contribution in [0.1, 0.15) is 39.7 Å². The lowest BCUT2D eigenvalue weighted by Gasteiger charge is -2.18. The van der Waals surface area contributed by atoms with Crippen LogP contribution in [0.4, 0.5) is 21.0 Å². The molecule has 122 valence electrons. The molecule has 0 aromatic heterocycles. The summed E-state index contributed by atoms with van der Waals surface area (Å²) in [5, 5.41) is 11.2. The predicted octanol–water partition coefficient (Wildman–Crippen LogP) is 3.44. The minimum absolute atomic E-state index is 0.0370. The third kappa shape index (κ3) is 5.63. The van der Waals surface area contributed by atoms with Gasteiger partial charge in [-0.1, -0.05) is 19.1 Å². The van der Waals surface area contributed by atoms with Gasteiger partial charge in [-0.25, -0.2) is 9.59 Å². The molecule has 1 atom stereocenters. The molecule has 0 fully saturated rings. The van der Waals surface area contributed by atoms with E-state index in [4.69, 9.17) is 0 Å². The van der Waals surface area contributed by atoms with Gasteiger partial charge in [0, 0.05) is 12.1 Å². The van der Waals surface area contributed by atoms with Gasteiger partial charge in [0.1, 0.15) is 0 Å². The normalized spacial score (nSPS) is 11.7. The Bertz CT molecular complexity index is 529. The van der Waals surface area contributed by atoms with Gasteiger partial charge in [0.15, 0.2) is 0 Å². The number of para-hydroxylation sites is 1. The lowest BCUT2D eigenvalue weighted by atomic mass is 10.1. The van der Waals surface area contributed by atoms with Gasteiger partial charge in [-0.2, -0.15) is 0 Å². The van der Waals surface area contributed by atoms with Crippen molar-refractivity contribution in [2.75, 3.05) is 10.6 Å². The summed E-state index contributed by atoms with van der Waals surface area (Å²) in [7, 11) is 0. The average Bonchev–Trinajstić information content (AvgIpc) is 2.41. The van der Waals surface area contributed by atoms with Gasteiger partial charge in [0.05, 0.1) is 11.4 Å². The van der Waals surface area contributed by atoms with E-state index in [9.17, 15) is 9.59 Å². The number of rotatable bonds is 5. The van der Waals surface area contributed by atoms with E-state index in [-0.39, 0.29) is 24.1 Å². The number of urea groups is 2. The number of carbonyl (C=O) groups is 2. The third-order valence-electron chi connectivity index (χ3n) is 3.17. The highest BCUT2D eigenvalue weighted by atomic mass is 16.2. The highest BCUT2D eigenvalue weighted by molar-refractivity contribution is 5.99. The van der Waals surface area contributed by atoms with E-state index in [0.717, 1.165) is 12.0 Å². The molecule has 1 aromatic carbocycles. The second kappa shape index (κ2) is 8.26. The van der Waals surface area contributed by atoms with Crippen molar-refractivity contribution in [2.24, 2.45) is 0 Å². The van der Waals surface area contributed by atoms with Crippen molar-refractivity contribution in [2.45, 2.75) is 53.1 Å². The lowest BCUT2D eigenvalue weighted by molar-refractivity contribution is 0.248. The van der Waals surface area contributed by atoms with Crippen molar-refractivity contribution in [1.82, 2.24) is 10.6 Å². The maximum atomic E-state index is 12.0. The zero-order valence-corrected chi connectivity index (χ0v) is 13.9. The molecule has 0 spiro atoms. The monoisotopic (exact) mass is 306 g/mol. The first-order valence-corrected chi connectivity index (χ1v) is 7.58. The van der Waals surface area contributed by atoms with E-state index >= 15 is 0 Å². The maximum Gasteiger partial charge on any atom is 0.319 e. The Morgan fingerprint density at radius 2 is 1.68 bits per heavy atom. The van der Waals surface area contributed by atoms with Gasteiger partial charge in [0.25, 0.3) is 0 Å². The second-order valence-electron chi connectivity index (χ2n) is 5.66. The van der Waals surface area contributed by atoms with Gasteiger partial charge in [-0.05, 0) is 45.7 Å². The van der Waals surface area contributed by atoms with Gasteiger partial charge >= 0.3 is 12.1 Å². The predicted molar refractivity (Wildman–Crippen MR) is 90.4 cm³/mol. The summed E-state index contributed by atoms with van der Waals surface area (Å²) >= 11 is 0. The molecule has 0 bridgehead atoms. The molecule has 1 aromatic rings. The highest BCUT2D eigenvalue weighted by Crippen LogP contribution is 2.25. The molecule has 22 heavy (non-hydrogen) atoms. The standard InChI is InChI=1S/C16H26N4O2/c1-6-12(5)18-16(22)20-14-11(4)8-7-9-13(14)19-15(21)17-10(2)3/h7-10,12H,6H2,1-5H3,(H2,17,19,21)(H2,18,20,22). The van der Waals surface area contributed by atoms with E-state index in [1.54, 1.807) is 6.07 Å². The van der Waals surface area contributed by atoms with Crippen LogP contribution in [-0.2, 0) is 0 Å². The smallest absolute Gasteiger partial charge is 0.319 e. The zero-order valence-electron chi connectivity index (χ0n) is 13.9. The number of amides is 4. The summed E-state index contributed by atoms with van der Waals surface area (Å²) in [6.45, 7) is 9.59. The fraction of sp³-hybridized carbons (Fsp3) is 0.500. The Kier molecular flexibility index (Phi) is 6.69. The molecule has 0 saturated heterocycles. The Labute approximate surface area is 132 Å². The molecule has 0 saturated carbocycles. The van der Waals surface area contributed by atoms with Crippen molar-refractivity contribution in [3.63, 3.8) is 0 Å². The van der Waals surface area contributed by atoms with Crippen LogP contribution in [0, 0.1) is 6.92 Å². The van der Waals surface area contributed by atoms with Crippen molar-refractivity contribution in [3.8, 4) is 0 Å². The van der Waals surface area contributed by atoms with Crippen LogP contribution in [0.25, 0.3) is 0 Å². The lowest BCUT2D eigenvalue weighted by Crippen LogP contribution is -2.37. The molecular formula is C16H26N4O2. The fourth-order valence-corrected chi connectivity index (χ4v) is 1.83. The van der Waals surface area contributed by atoms with E-state index in [0.29, 0.717) is 11.4 Å². The van der Waals surface area contributed by atoms with Crippen LogP contribution in [-0.4, -0.2) is 24.1 Å². The van der Waals surface area contributed by atoms with Crippen molar-refractivity contribution < 1.29 is 9.59 Å². The molecule has 0 aliphatic carbocycles. The summed E-state index contributed by atoms with van der Waals surface area (Å²) < 4.78 is 0. The Balaban J connectivity index is 2.85. The Morgan fingerprint density at radius 1 is 1.05 bits per heavy atom. The molecule has 6 heteroatoms. The fourth-order valence-electron chi connectivity index (χ4n) is 1.83. The Hall–Kier alpha value is -2.24. The van der Waals surface area contributed by atoms with E-state index in [1.807, 2.05) is 46.8 Å². The largest absolute Gasteiger partial charge is 0.336 e. The number of anilines is 2. The summed E-state index contributed by atoms with van der Waals surface area (Å²) in [5.41, 5.74) is 2.04. The SMILES string of the molecule is CCC(C)NC(=O)Nc1c(C)cccc1NC(=O)NC(C)C. The first-order chi connectivity index (χ1) is 10.3. The van der Waals surface area contributed by atoms with Crippen LogP contribution in [0.3, 0.4) is 0 Å². The van der Waals surface area contributed by atoms with E-state index in [2.05, 4.69) is 21.3 Å².